The van der Waals surface area contributed by atoms with Crippen LogP contribution in [0.3, 0.4) is 0 Å². The summed E-state index contributed by atoms with van der Waals surface area (Å²) in [5.74, 6) is 2.16. The fraction of sp³-hybridized carbons (Fsp3) is 0.600. The lowest BCUT2D eigenvalue weighted by atomic mass is 9.91. The van der Waals surface area contributed by atoms with Crippen LogP contribution in [0, 0.1) is 5.92 Å². The van der Waals surface area contributed by atoms with Gasteiger partial charge in [0.25, 0.3) is 0 Å². The van der Waals surface area contributed by atoms with Crippen LogP contribution in [0.4, 0.5) is 0 Å². The van der Waals surface area contributed by atoms with Crippen molar-refractivity contribution in [3.63, 3.8) is 0 Å². The maximum Gasteiger partial charge on any atom is 0.133 e. The van der Waals surface area contributed by atoms with Gasteiger partial charge in [-0.25, -0.2) is 0 Å². The Morgan fingerprint density at radius 1 is 1.35 bits per heavy atom. The first-order valence-corrected chi connectivity index (χ1v) is 7.73. The van der Waals surface area contributed by atoms with Gasteiger partial charge in [0.05, 0.1) is 25.3 Å². The third kappa shape index (κ3) is 3.27. The summed E-state index contributed by atoms with van der Waals surface area (Å²) in [4.78, 5) is 0. The summed E-state index contributed by atoms with van der Waals surface area (Å²) in [6.45, 7) is 4.65. The summed E-state index contributed by atoms with van der Waals surface area (Å²) in [7, 11) is 3.38. The number of nitrogens with one attached hydrogen (secondary N) is 1. The molecule has 1 saturated heterocycles. The molecule has 0 aromatic heterocycles. The van der Waals surface area contributed by atoms with Crippen molar-refractivity contribution in [2.75, 3.05) is 34.0 Å². The fourth-order valence-electron chi connectivity index (χ4n) is 2.69. The van der Waals surface area contributed by atoms with Gasteiger partial charge >= 0.3 is 0 Å². The molecule has 4 nitrogen and oxygen atoms in total. The van der Waals surface area contributed by atoms with Crippen molar-refractivity contribution < 1.29 is 14.2 Å². The smallest absolute Gasteiger partial charge is 0.133 e. The third-order valence-electron chi connectivity index (χ3n) is 3.70. The second kappa shape index (κ2) is 7.29. The molecular formula is C15H22BrNO3. The topological polar surface area (TPSA) is 39.7 Å². The Kier molecular flexibility index (Phi) is 5.69. The first-order valence-electron chi connectivity index (χ1n) is 6.93. The van der Waals surface area contributed by atoms with Crippen molar-refractivity contribution in [2.24, 2.45) is 5.92 Å². The SMILES string of the molecule is CCNC(c1cc(OC)c(Br)cc1OC)C1CCOC1. The molecule has 112 valence electrons. The van der Waals surface area contributed by atoms with Gasteiger partial charge in [0.15, 0.2) is 0 Å². The highest BCUT2D eigenvalue weighted by Crippen LogP contribution is 2.39. The van der Waals surface area contributed by atoms with Crippen LogP contribution in [-0.4, -0.2) is 34.0 Å². The monoisotopic (exact) mass is 343 g/mol. The molecule has 2 atom stereocenters. The Balaban J connectivity index is 2.39. The van der Waals surface area contributed by atoms with Gasteiger partial charge in [-0.2, -0.15) is 0 Å². The summed E-state index contributed by atoms with van der Waals surface area (Å²) >= 11 is 3.50. The summed E-state index contributed by atoms with van der Waals surface area (Å²) in [5.41, 5.74) is 1.13. The Hall–Kier alpha value is -0.780. The van der Waals surface area contributed by atoms with Crippen molar-refractivity contribution in [3.05, 3.63) is 22.2 Å². The number of methoxy groups -OCH3 is 2. The van der Waals surface area contributed by atoms with Gasteiger partial charge in [-0.1, -0.05) is 6.92 Å². The normalized spacial score (nSPS) is 19.9. The lowest BCUT2D eigenvalue weighted by molar-refractivity contribution is 0.176. The maximum atomic E-state index is 5.55. The Bertz CT molecular complexity index is 447. The van der Waals surface area contributed by atoms with E-state index in [1.807, 2.05) is 6.07 Å². The van der Waals surface area contributed by atoms with Gasteiger partial charge in [0.1, 0.15) is 11.5 Å². The lowest BCUT2D eigenvalue weighted by Crippen LogP contribution is -2.29. The van der Waals surface area contributed by atoms with Crippen LogP contribution in [0.1, 0.15) is 24.9 Å². The fourth-order valence-corrected chi connectivity index (χ4v) is 3.18. The molecule has 0 aliphatic carbocycles. The van der Waals surface area contributed by atoms with E-state index in [4.69, 9.17) is 14.2 Å². The van der Waals surface area contributed by atoms with Gasteiger partial charge in [-0.3, -0.25) is 0 Å². The van der Waals surface area contributed by atoms with Gasteiger partial charge in [0, 0.05) is 24.1 Å². The highest BCUT2D eigenvalue weighted by atomic mass is 79.9. The van der Waals surface area contributed by atoms with E-state index in [1.165, 1.54) is 0 Å². The van der Waals surface area contributed by atoms with E-state index in [0.717, 1.165) is 47.7 Å². The van der Waals surface area contributed by atoms with Crippen LogP contribution in [0.25, 0.3) is 0 Å². The van der Waals surface area contributed by atoms with Crippen LogP contribution in [0.2, 0.25) is 0 Å². The minimum absolute atomic E-state index is 0.222. The quantitative estimate of drug-likeness (QED) is 0.861. The highest BCUT2D eigenvalue weighted by Gasteiger charge is 2.29. The molecule has 0 amide bonds. The van der Waals surface area contributed by atoms with E-state index in [2.05, 4.69) is 34.2 Å². The molecule has 1 aromatic carbocycles. The summed E-state index contributed by atoms with van der Waals surface area (Å²) in [6.07, 6.45) is 1.07. The van der Waals surface area contributed by atoms with Crippen molar-refractivity contribution in [3.8, 4) is 11.5 Å². The zero-order chi connectivity index (χ0) is 14.5. The Morgan fingerprint density at radius 2 is 2.10 bits per heavy atom. The average Bonchev–Trinajstić information content (AvgIpc) is 2.98. The van der Waals surface area contributed by atoms with Crippen LogP contribution in [0.15, 0.2) is 16.6 Å². The zero-order valence-electron chi connectivity index (χ0n) is 12.2. The molecule has 20 heavy (non-hydrogen) atoms. The molecular weight excluding hydrogens is 322 g/mol. The molecule has 1 heterocycles. The van der Waals surface area contributed by atoms with Gasteiger partial charge in [-0.05, 0) is 41.0 Å². The number of hydrogen-bond donors (Lipinski definition) is 1. The van der Waals surface area contributed by atoms with Crippen molar-refractivity contribution in [2.45, 2.75) is 19.4 Å². The first kappa shape index (κ1) is 15.6. The third-order valence-corrected chi connectivity index (χ3v) is 4.32. The standard InChI is InChI=1S/C15H22BrNO3/c1-4-17-15(10-5-6-20-9-10)11-7-14(19-3)12(16)8-13(11)18-2/h7-8,10,15,17H,4-6,9H2,1-3H3. The van der Waals surface area contributed by atoms with Crippen LogP contribution in [0.5, 0.6) is 11.5 Å². The predicted octanol–water partition coefficient (Wildman–Crippen LogP) is 3.15. The molecule has 1 aliphatic heterocycles. The van der Waals surface area contributed by atoms with Gasteiger partial charge in [0.2, 0.25) is 0 Å². The van der Waals surface area contributed by atoms with E-state index in [-0.39, 0.29) is 6.04 Å². The maximum absolute atomic E-state index is 5.55. The first-order chi connectivity index (χ1) is 9.71. The molecule has 2 rings (SSSR count). The van der Waals surface area contributed by atoms with E-state index < -0.39 is 0 Å². The predicted molar refractivity (Wildman–Crippen MR) is 82.6 cm³/mol. The molecule has 2 unspecified atom stereocenters. The summed E-state index contributed by atoms with van der Waals surface area (Å²) in [6, 6.07) is 4.24. The average molecular weight is 344 g/mol. The molecule has 5 heteroatoms. The summed E-state index contributed by atoms with van der Waals surface area (Å²) < 4.78 is 17.4. The molecule has 1 aliphatic rings. The minimum Gasteiger partial charge on any atom is -0.496 e. The highest BCUT2D eigenvalue weighted by molar-refractivity contribution is 9.10. The number of benzene rings is 1. The van der Waals surface area contributed by atoms with Crippen LogP contribution >= 0.6 is 15.9 Å². The van der Waals surface area contributed by atoms with E-state index >= 15 is 0 Å². The lowest BCUT2D eigenvalue weighted by Gasteiger charge is -2.26. The molecule has 1 fully saturated rings. The molecule has 0 saturated carbocycles. The largest absolute Gasteiger partial charge is 0.496 e. The van der Waals surface area contributed by atoms with Crippen LogP contribution < -0.4 is 14.8 Å². The Morgan fingerprint density at radius 3 is 2.65 bits per heavy atom. The molecule has 0 spiro atoms. The van der Waals surface area contributed by atoms with Crippen molar-refractivity contribution >= 4 is 15.9 Å². The number of halogens is 1. The zero-order valence-corrected chi connectivity index (χ0v) is 13.8. The second-order valence-electron chi connectivity index (χ2n) is 4.89. The molecule has 1 N–H and O–H groups in total. The van der Waals surface area contributed by atoms with E-state index in [9.17, 15) is 0 Å². The number of hydrogen-bond acceptors (Lipinski definition) is 4. The number of ether oxygens (including phenoxy) is 3. The number of rotatable bonds is 6. The Labute approximate surface area is 128 Å². The van der Waals surface area contributed by atoms with Gasteiger partial charge in [-0.15, -0.1) is 0 Å². The molecule has 0 radical (unpaired) electrons. The second-order valence-corrected chi connectivity index (χ2v) is 5.74. The minimum atomic E-state index is 0.222. The van der Waals surface area contributed by atoms with Crippen molar-refractivity contribution in [1.29, 1.82) is 0 Å². The molecule has 0 bridgehead atoms. The van der Waals surface area contributed by atoms with E-state index in [1.54, 1.807) is 14.2 Å². The summed E-state index contributed by atoms with van der Waals surface area (Å²) in [5, 5.41) is 3.56. The van der Waals surface area contributed by atoms with Crippen molar-refractivity contribution in [1.82, 2.24) is 5.32 Å². The van der Waals surface area contributed by atoms with Crippen LogP contribution in [-0.2, 0) is 4.74 Å². The van der Waals surface area contributed by atoms with E-state index in [0.29, 0.717) is 5.92 Å². The van der Waals surface area contributed by atoms with Gasteiger partial charge < -0.3 is 19.5 Å². The molecule has 1 aromatic rings.